The van der Waals surface area contributed by atoms with E-state index in [9.17, 15) is 4.79 Å². The van der Waals surface area contributed by atoms with Gasteiger partial charge in [-0.2, -0.15) is 0 Å². The number of aromatic amines is 1. The largest absolute Gasteiger partial charge is 0.491 e. The molecule has 0 spiro atoms. The number of ether oxygens (including phenoxy) is 1. The third-order valence-corrected chi connectivity index (χ3v) is 5.54. The minimum absolute atomic E-state index is 0.0199. The zero-order valence-electron chi connectivity index (χ0n) is 18.7. The number of aromatic nitrogens is 2. The fourth-order valence-electron chi connectivity index (χ4n) is 3.71. The quantitative estimate of drug-likeness (QED) is 0.573. The van der Waals surface area contributed by atoms with Gasteiger partial charge in [-0.3, -0.25) is 9.78 Å². The zero-order valence-corrected chi connectivity index (χ0v) is 18.7. The van der Waals surface area contributed by atoms with Crippen molar-refractivity contribution in [2.45, 2.75) is 33.6 Å². The van der Waals surface area contributed by atoms with Gasteiger partial charge in [-0.05, 0) is 30.0 Å². The molecule has 0 unspecified atom stereocenters. The summed E-state index contributed by atoms with van der Waals surface area (Å²) in [5.74, 6) is 0.730. The number of carbonyl (C=O) groups excluding carboxylic acids is 1. The highest BCUT2D eigenvalue weighted by Crippen LogP contribution is 2.41. The molecule has 162 valence electrons. The molecule has 2 aromatic heterocycles. The Morgan fingerprint density at radius 1 is 1.19 bits per heavy atom. The van der Waals surface area contributed by atoms with Gasteiger partial charge in [-0.25, -0.2) is 0 Å². The van der Waals surface area contributed by atoms with Crippen LogP contribution in [0.4, 0.5) is 11.4 Å². The number of benzene rings is 1. The smallest absolute Gasteiger partial charge is 0.257 e. The second-order valence-corrected chi connectivity index (χ2v) is 9.23. The van der Waals surface area contributed by atoms with Crippen molar-refractivity contribution in [2.75, 3.05) is 25.5 Å². The molecule has 0 saturated heterocycles. The SMILES string of the molecule is CN1CCc2[nH]c(-c3ccncc3OCCC(C)(C)C)c(Nc3ccccc3)c2C1=O. The van der Waals surface area contributed by atoms with Crippen LogP contribution in [0.25, 0.3) is 11.3 Å². The molecule has 0 bridgehead atoms. The van der Waals surface area contributed by atoms with E-state index in [2.05, 4.69) is 36.1 Å². The molecule has 0 fully saturated rings. The van der Waals surface area contributed by atoms with Crippen molar-refractivity contribution in [1.82, 2.24) is 14.9 Å². The van der Waals surface area contributed by atoms with Gasteiger partial charge in [0.15, 0.2) is 0 Å². The molecule has 2 N–H and O–H groups in total. The number of anilines is 2. The monoisotopic (exact) mass is 418 g/mol. The number of fused-ring (bicyclic) bond motifs is 1. The lowest BCUT2D eigenvalue weighted by Gasteiger charge is -2.23. The first-order valence-corrected chi connectivity index (χ1v) is 10.7. The van der Waals surface area contributed by atoms with Crippen LogP contribution in [-0.2, 0) is 6.42 Å². The first-order chi connectivity index (χ1) is 14.8. The minimum atomic E-state index is 0.0199. The molecule has 6 nitrogen and oxygen atoms in total. The molecule has 31 heavy (non-hydrogen) atoms. The number of rotatable bonds is 6. The van der Waals surface area contributed by atoms with Crippen molar-refractivity contribution in [1.29, 1.82) is 0 Å². The number of para-hydroxylation sites is 1. The Hall–Kier alpha value is -3.28. The summed E-state index contributed by atoms with van der Waals surface area (Å²) in [5, 5.41) is 3.48. The first kappa shape index (κ1) is 21.0. The highest BCUT2D eigenvalue weighted by atomic mass is 16.5. The van der Waals surface area contributed by atoms with E-state index in [0.29, 0.717) is 24.5 Å². The number of hydrogen-bond acceptors (Lipinski definition) is 4. The van der Waals surface area contributed by atoms with Crippen LogP contribution < -0.4 is 10.1 Å². The third-order valence-electron chi connectivity index (χ3n) is 5.54. The zero-order chi connectivity index (χ0) is 22.0. The summed E-state index contributed by atoms with van der Waals surface area (Å²) in [6.07, 6.45) is 5.22. The van der Waals surface area contributed by atoms with Gasteiger partial charge >= 0.3 is 0 Å². The van der Waals surface area contributed by atoms with Crippen molar-refractivity contribution in [2.24, 2.45) is 5.41 Å². The summed E-state index contributed by atoms with van der Waals surface area (Å²) in [7, 11) is 1.84. The van der Waals surface area contributed by atoms with Gasteiger partial charge in [0.2, 0.25) is 0 Å². The fraction of sp³-hybridized carbons (Fsp3) is 0.360. The van der Waals surface area contributed by atoms with Gasteiger partial charge in [-0.15, -0.1) is 0 Å². The average Bonchev–Trinajstić information content (AvgIpc) is 3.10. The van der Waals surface area contributed by atoms with Gasteiger partial charge in [0, 0.05) is 43.2 Å². The van der Waals surface area contributed by atoms with Crippen molar-refractivity contribution in [3.8, 4) is 17.0 Å². The van der Waals surface area contributed by atoms with Gasteiger partial charge in [0.1, 0.15) is 5.75 Å². The molecule has 1 aliphatic rings. The lowest BCUT2D eigenvalue weighted by molar-refractivity contribution is 0.0781. The van der Waals surface area contributed by atoms with E-state index in [4.69, 9.17) is 4.74 Å². The Labute approximate surface area is 183 Å². The maximum absolute atomic E-state index is 13.1. The summed E-state index contributed by atoms with van der Waals surface area (Å²) in [4.78, 5) is 22.6. The van der Waals surface area contributed by atoms with Crippen molar-refractivity contribution < 1.29 is 9.53 Å². The van der Waals surface area contributed by atoms with Crippen LogP contribution >= 0.6 is 0 Å². The maximum Gasteiger partial charge on any atom is 0.257 e. The van der Waals surface area contributed by atoms with E-state index in [0.717, 1.165) is 41.2 Å². The van der Waals surface area contributed by atoms with Crippen LogP contribution in [0.5, 0.6) is 5.75 Å². The normalized spacial score (nSPS) is 13.8. The number of nitrogens with zero attached hydrogens (tertiary/aromatic N) is 2. The molecule has 1 amide bonds. The number of nitrogens with one attached hydrogen (secondary N) is 2. The van der Waals surface area contributed by atoms with E-state index in [1.165, 1.54) is 0 Å². The molecule has 0 atom stereocenters. The van der Waals surface area contributed by atoms with E-state index in [-0.39, 0.29) is 11.3 Å². The van der Waals surface area contributed by atoms with Gasteiger partial charge < -0.3 is 19.9 Å². The van der Waals surface area contributed by atoms with Crippen molar-refractivity contribution in [3.63, 3.8) is 0 Å². The Morgan fingerprint density at radius 3 is 2.71 bits per heavy atom. The minimum Gasteiger partial charge on any atom is -0.491 e. The molecule has 3 aromatic rings. The Bertz CT molecular complexity index is 1070. The Balaban J connectivity index is 1.77. The molecule has 0 radical (unpaired) electrons. The van der Waals surface area contributed by atoms with E-state index < -0.39 is 0 Å². The highest BCUT2D eigenvalue weighted by Gasteiger charge is 2.30. The summed E-state index contributed by atoms with van der Waals surface area (Å²) in [6, 6.07) is 11.8. The summed E-state index contributed by atoms with van der Waals surface area (Å²) in [5.41, 5.74) is 5.29. The number of H-pyrrole nitrogens is 1. The predicted molar refractivity (Wildman–Crippen MR) is 124 cm³/mol. The first-order valence-electron chi connectivity index (χ1n) is 10.7. The fourth-order valence-corrected chi connectivity index (χ4v) is 3.71. The summed E-state index contributed by atoms with van der Waals surface area (Å²) < 4.78 is 6.15. The molecule has 1 aromatic carbocycles. The molecule has 6 heteroatoms. The third kappa shape index (κ3) is 4.58. The molecule has 4 rings (SSSR count). The molecular weight excluding hydrogens is 388 g/mol. The van der Waals surface area contributed by atoms with Crippen molar-refractivity contribution in [3.05, 3.63) is 60.0 Å². The second-order valence-electron chi connectivity index (χ2n) is 9.23. The Morgan fingerprint density at radius 2 is 1.97 bits per heavy atom. The van der Waals surface area contributed by atoms with E-state index in [1.54, 1.807) is 17.3 Å². The van der Waals surface area contributed by atoms with Crippen LogP contribution in [0.1, 0.15) is 43.2 Å². The summed E-state index contributed by atoms with van der Waals surface area (Å²) in [6.45, 7) is 7.89. The predicted octanol–water partition coefficient (Wildman–Crippen LogP) is 5.26. The van der Waals surface area contributed by atoms with Gasteiger partial charge in [0.25, 0.3) is 5.91 Å². The number of pyridine rings is 1. The molecular formula is C25H30N4O2. The highest BCUT2D eigenvalue weighted by molar-refractivity contribution is 6.06. The average molecular weight is 419 g/mol. The lowest BCUT2D eigenvalue weighted by atomic mass is 9.93. The molecule has 0 aliphatic carbocycles. The van der Waals surface area contributed by atoms with Crippen LogP contribution in [0.2, 0.25) is 0 Å². The number of amides is 1. The standard InChI is InChI=1S/C25H30N4O2/c1-25(2,3)12-15-31-20-16-26-13-10-18(20)22-23(27-17-8-6-5-7-9-17)21-19(28-22)11-14-29(4)24(21)30/h5-10,13,16,27-28H,11-12,14-15H2,1-4H3. The molecule has 0 saturated carbocycles. The van der Waals surface area contributed by atoms with Crippen LogP contribution in [0.15, 0.2) is 48.8 Å². The number of hydrogen-bond donors (Lipinski definition) is 2. The molecule has 3 heterocycles. The van der Waals surface area contributed by atoms with E-state index in [1.807, 2.05) is 43.4 Å². The van der Waals surface area contributed by atoms with Crippen LogP contribution in [0.3, 0.4) is 0 Å². The van der Waals surface area contributed by atoms with Crippen LogP contribution in [-0.4, -0.2) is 41.0 Å². The Kier molecular flexibility index (Phi) is 5.72. The van der Waals surface area contributed by atoms with Gasteiger partial charge in [0.05, 0.1) is 29.7 Å². The maximum atomic E-state index is 13.1. The second kappa shape index (κ2) is 8.46. The van der Waals surface area contributed by atoms with E-state index >= 15 is 0 Å². The molecule has 1 aliphatic heterocycles. The summed E-state index contributed by atoms with van der Waals surface area (Å²) >= 11 is 0. The van der Waals surface area contributed by atoms with Crippen molar-refractivity contribution >= 4 is 17.3 Å². The van der Waals surface area contributed by atoms with Crippen LogP contribution in [0, 0.1) is 5.41 Å². The van der Waals surface area contributed by atoms with Gasteiger partial charge in [-0.1, -0.05) is 39.0 Å². The number of carbonyl (C=O) groups is 1. The topological polar surface area (TPSA) is 70.2 Å². The number of likely N-dealkylation sites (N-methyl/N-ethyl adjacent to an activating group) is 1. The lowest BCUT2D eigenvalue weighted by Crippen LogP contribution is -2.34.